The minimum Gasteiger partial charge on any atom is -0.489 e. The van der Waals surface area contributed by atoms with Crippen LogP contribution in [0.15, 0.2) is 53.6 Å². The highest BCUT2D eigenvalue weighted by Gasteiger charge is 2.20. The fraction of sp³-hybridized carbons (Fsp3) is 0.379. The molecule has 4 rings (SSSR count). The summed E-state index contributed by atoms with van der Waals surface area (Å²) >= 11 is 8.10. The molecular formula is C29H36ClN5O2S. The number of nitrogens with one attached hydrogen (secondary N) is 1. The predicted octanol–water partition coefficient (Wildman–Crippen LogP) is 7.72. The minimum absolute atomic E-state index is 0.0119. The third-order valence-corrected chi connectivity index (χ3v) is 7.41. The van der Waals surface area contributed by atoms with Crippen LogP contribution in [0.5, 0.6) is 5.75 Å². The van der Waals surface area contributed by atoms with Gasteiger partial charge in [0, 0.05) is 23.2 Å². The molecule has 2 aromatic carbocycles. The SMILES string of the molecule is Cc1cc(Nc2ncc(Cl)c(N(O)c3ccccc3SC(C)C)n2)c(OC(C)C)cc1C1=CCN(C)CC1. The van der Waals surface area contributed by atoms with Crippen molar-refractivity contribution in [3.63, 3.8) is 0 Å². The molecule has 0 aliphatic carbocycles. The Morgan fingerprint density at radius 1 is 1.18 bits per heavy atom. The first-order valence-electron chi connectivity index (χ1n) is 12.9. The van der Waals surface area contributed by atoms with E-state index in [0.717, 1.165) is 46.5 Å². The third kappa shape index (κ3) is 6.80. The molecule has 3 aromatic rings. The van der Waals surface area contributed by atoms with Crippen LogP contribution in [0.4, 0.5) is 23.1 Å². The van der Waals surface area contributed by atoms with Crippen molar-refractivity contribution in [3.8, 4) is 5.75 Å². The molecule has 9 heteroatoms. The average molecular weight is 554 g/mol. The van der Waals surface area contributed by atoms with Crippen LogP contribution in [0.25, 0.3) is 5.57 Å². The molecule has 38 heavy (non-hydrogen) atoms. The van der Waals surface area contributed by atoms with Crippen molar-refractivity contribution in [1.82, 2.24) is 14.9 Å². The van der Waals surface area contributed by atoms with Crippen LogP contribution in [-0.2, 0) is 0 Å². The zero-order valence-electron chi connectivity index (χ0n) is 22.8. The lowest BCUT2D eigenvalue weighted by Gasteiger charge is -2.24. The number of aromatic nitrogens is 2. The number of hydrogen-bond acceptors (Lipinski definition) is 8. The second-order valence-corrected chi connectivity index (χ2v) is 12.0. The van der Waals surface area contributed by atoms with Gasteiger partial charge in [0.15, 0.2) is 5.82 Å². The van der Waals surface area contributed by atoms with Crippen molar-refractivity contribution in [3.05, 3.63) is 64.8 Å². The molecule has 0 radical (unpaired) electrons. The van der Waals surface area contributed by atoms with Gasteiger partial charge in [0.1, 0.15) is 10.8 Å². The first kappa shape index (κ1) is 28.2. The van der Waals surface area contributed by atoms with E-state index in [4.69, 9.17) is 16.3 Å². The predicted molar refractivity (Wildman–Crippen MR) is 159 cm³/mol. The van der Waals surface area contributed by atoms with Gasteiger partial charge in [-0.2, -0.15) is 4.98 Å². The molecule has 0 saturated heterocycles. The summed E-state index contributed by atoms with van der Waals surface area (Å²) in [5, 5.41) is 16.1. The number of hydrogen-bond donors (Lipinski definition) is 2. The van der Waals surface area contributed by atoms with E-state index in [-0.39, 0.29) is 16.9 Å². The molecule has 1 aromatic heterocycles. The molecule has 0 amide bonds. The summed E-state index contributed by atoms with van der Waals surface area (Å²) in [5.74, 6) is 1.22. The summed E-state index contributed by atoms with van der Waals surface area (Å²) in [4.78, 5) is 12.2. The highest BCUT2D eigenvalue weighted by Crippen LogP contribution is 2.39. The lowest BCUT2D eigenvalue weighted by Crippen LogP contribution is -2.23. The van der Waals surface area contributed by atoms with Crippen LogP contribution in [0.1, 0.15) is 45.2 Å². The number of benzene rings is 2. The molecule has 7 nitrogen and oxygen atoms in total. The number of para-hydroxylation sites is 1. The minimum atomic E-state index is -0.0119. The van der Waals surface area contributed by atoms with Gasteiger partial charge in [0.05, 0.1) is 23.7 Å². The highest BCUT2D eigenvalue weighted by molar-refractivity contribution is 8.00. The van der Waals surface area contributed by atoms with Gasteiger partial charge < -0.3 is 15.0 Å². The largest absolute Gasteiger partial charge is 0.489 e. The van der Waals surface area contributed by atoms with Crippen LogP contribution < -0.4 is 15.1 Å². The van der Waals surface area contributed by atoms with Crippen LogP contribution >= 0.6 is 23.4 Å². The van der Waals surface area contributed by atoms with E-state index in [9.17, 15) is 5.21 Å². The Bertz CT molecular complexity index is 1310. The fourth-order valence-electron chi connectivity index (χ4n) is 4.29. The quantitative estimate of drug-likeness (QED) is 0.206. The first-order chi connectivity index (χ1) is 18.1. The standard InChI is InChI=1S/C29H36ClN5O2S/c1-18(2)37-26-16-22(21-11-13-34(6)14-12-21)20(5)15-24(26)32-29-31-17-23(30)28(33-29)35(36)25-9-7-8-10-27(25)38-19(3)4/h7-11,15-19,36H,12-14H2,1-6H3,(H,31,32,33). The Morgan fingerprint density at radius 3 is 2.63 bits per heavy atom. The summed E-state index contributed by atoms with van der Waals surface area (Å²) in [6.07, 6.45) is 4.76. The number of likely N-dealkylation sites (N-methyl/N-ethyl adjacent to an activating group) is 1. The normalized spacial score (nSPS) is 14.1. The number of anilines is 4. The maximum absolute atomic E-state index is 11.2. The van der Waals surface area contributed by atoms with Gasteiger partial charge in [-0.3, -0.25) is 5.21 Å². The van der Waals surface area contributed by atoms with Crippen molar-refractivity contribution in [1.29, 1.82) is 0 Å². The third-order valence-electron chi connectivity index (χ3n) is 6.08. The second-order valence-electron chi connectivity index (χ2n) is 10.0. The Morgan fingerprint density at radius 2 is 1.95 bits per heavy atom. The monoisotopic (exact) mass is 553 g/mol. The van der Waals surface area contributed by atoms with Gasteiger partial charge in [-0.15, -0.1) is 11.8 Å². The molecule has 1 aliphatic heterocycles. The molecule has 202 valence electrons. The summed E-state index contributed by atoms with van der Waals surface area (Å²) in [7, 11) is 2.14. The Balaban J connectivity index is 1.67. The van der Waals surface area contributed by atoms with E-state index in [1.807, 2.05) is 38.1 Å². The van der Waals surface area contributed by atoms with Gasteiger partial charge >= 0.3 is 0 Å². The Hall–Kier alpha value is -2.78. The van der Waals surface area contributed by atoms with Gasteiger partial charge in [-0.1, -0.05) is 43.7 Å². The molecule has 0 atom stereocenters. The van der Waals surface area contributed by atoms with E-state index in [2.05, 4.69) is 66.2 Å². The molecule has 0 saturated carbocycles. The van der Waals surface area contributed by atoms with Gasteiger partial charge in [-0.05, 0) is 75.2 Å². The van der Waals surface area contributed by atoms with E-state index < -0.39 is 0 Å². The van der Waals surface area contributed by atoms with Crippen LogP contribution in [0.2, 0.25) is 5.02 Å². The van der Waals surface area contributed by atoms with Gasteiger partial charge in [0.2, 0.25) is 5.95 Å². The lowest BCUT2D eigenvalue weighted by molar-refractivity contribution is 0.243. The molecule has 0 spiro atoms. The second kappa shape index (κ2) is 12.4. The molecule has 2 heterocycles. The topological polar surface area (TPSA) is 73.8 Å². The number of aryl methyl sites for hydroxylation is 1. The average Bonchev–Trinajstić information content (AvgIpc) is 2.86. The van der Waals surface area contributed by atoms with Crippen molar-refractivity contribution < 1.29 is 9.94 Å². The zero-order valence-corrected chi connectivity index (χ0v) is 24.4. The summed E-state index contributed by atoms with van der Waals surface area (Å²) < 4.78 is 6.20. The number of halogens is 1. The van der Waals surface area contributed by atoms with Gasteiger partial charge in [-0.25, -0.2) is 10.0 Å². The summed E-state index contributed by atoms with van der Waals surface area (Å²) in [6, 6.07) is 11.8. The van der Waals surface area contributed by atoms with Crippen molar-refractivity contribution >= 4 is 52.1 Å². The first-order valence-corrected chi connectivity index (χ1v) is 14.1. The van der Waals surface area contributed by atoms with E-state index in [1.165, 1.54) is 17.3 Å². The molecule has 0 bridgehead atoms. The molecule has 2 N–H and O–H groups in total. The molecule has 0 fully saturated rings. The fourth-order valence-corrected chi connectivity index (χ4v) is 5.40. The smallest absolute Gasteiger partial charge is 0.229 e. The maximum Gasteiger partial charge on any atom is 0.229 e. The van der Waals surface area contributed by atoms with Crippen molar-refractivity contribution in [2.24, 2.45) is 0 Å². The highest BCUT2D eigenvalue weighted by atomic mass is 35.5. The Kier molecular flexibility index (Phi) is 9.20. The van der Waals surface area contributed by atoms with Crippen LogP contribution in [0, 0.1) is 6.92 Å². The van der Waals surface area contributed by atoms with Crippen LogP contribution in [0.3, 0.4) is 0 Å². The van der Waals surface area contributed by atoms with E-state index in [1.54, 1.807) is 11.8 Å². The van der Waals surface area contributed by atoms with Crippen molar-refractivity contribution in [2.75, 3.05) is 30.5 Å². The summed E-state index contributed by atoms with van der Waals surface area (Å²) in [6.45, 7) is 12.3. The molecule has 1 aliphatic rings. The lowest BCUT2D eigenvalue weighted by atomic mass is 9.95. The van der Waals surface area contributed by atoms with Crippen LogP contribution in [-0.4, -0.2) is 51.6 Å². The van der Waals surface area contributed by atoms with E-state index >= 15 is 0 Å². The maximum atomic E-state index is 11.2. The zero-order chi connectivity index (χ0) is 27.4. The van der Waals surface area contributed by atoms with Gasteiger partial charge in [0.25, 0.3) is 0 Å². The summed E-state index contributed by atoms with van der Waals surface area (Å²) in [5.41, 5.74) is 5.02. The number of ether oxygens (including phenoxy) is 1. The molecule has 0 unspecified atom stereocenters. The number of nitrogens with zero attached hydrogens (tertiary/aromatic N) is 4. The molecular weight excluding hydrogens is 518 g/mol. The Labute approximate surface area is 234 Å². The number of thioether (sulfide) groups is 1. The number of rotatable bonds is 9. The van der Waals surface area contributed by atoms with E-state index in [0.29, 0.717) is 16.9 Å². The van der Waals surface area contributed by atoms with Crippen molar-refractivity contribution in [2.45, 2.75) is 57.3 Å².